The van der Waals surface area contributed by atoms with Crippen molar-refractivity contribution in [3.05, 3.63) is 5.73 Å². The molecule has 0 heterocycles. The Morgan fingerprint density at radius 1 is 1.00 bits per heavy atom. The molecule has 0 bridgehead atoms. The van der Waals surface area contributed by atoms with Crippen LogP contribution in [0, 0.1) is 5.73 Å². The summed E-state index contributed by atoms with van der Waals surface area (Å²) in [6.45, 7) is 17.2. The molecule has 0 aromatic rings. The zero-order valence-electron chi connectivity index (χ0n) is 10.3. The van der Waals surface area contributed by atoms with Crippen molar-refractivity contribution < 1.29 is 4.74 Å². The van der Waals surface area contributed by atoms with Gasteiger partial charge in [0.05, 0.1) is 13.8 Å². The number of ether oxygens (including phenoxy) is 1. The first-order chi connectivity index (χ1) is 5.63. The highest BCUT2D eigenvalue weighted by molar-refractivity contribution is 6.80. The van der Waals surface area contributed by atoms with Crippen LogP contribution in [0.5, 0.6) is 0 Å². The molecular weight excluding hydrogens is 192 g/mol. The van der Waals surface area contributed by atoms with E-state index in [1.54, 1.807) is 0 Å². The Labute approximate surface area is 85.9 Å². The molecule has 0 N–H and O–H groups in total. The zero-order valence-corrected chi connectivity index (χ0v) is 12.3. The second-order valence-corrected chi connectivity index (χ2v) is 16.8. The summed E-state index contributed by atoms with van der Waals surface area (Å²) in [6.07, 6.45) is 0. The van der Waals surface area contributed by atoms with Crippen LogP contribution in [0.3, 0.4) is 0 Å². The lowest BCUT2D eigenvalue weighted by molar-refractivity contribution is 0.195. The normalized spacial score (nSPS) is 13.8. The summed E-state index contributed by atoms with van der Waals surface area (Å²) >= 11 is 0. The molecule has 0 spiro atoms. The van der Waals surface area contributed by atoms with Gasteiger partial charge in [0.1, 0.15) is 0 Å². The fraction of sp³-hybridized carbons (Fsp3) is 0.900. The summed E-state index contributed by atoms with van der Waals surface area (Å²) in [5.74, 6) is 0. The van der Waals surface area contributed by atoms with E-state index in [1.165, 1.54) is 11.8 Å². The van der Waals surface area contributed by atoms with Crippen LogP contribution in [0.1, 0.15) is 6.92 Å². The highest BCUT2D eigenvalue weighted by Crippen LogP contribution is 2.19. The molecular formula is C10H25OSi2. The van der Waals surface area contributed by atoms with Gasteiger partial charge in [-0.2, -0.15) is 0 Å². The quantitative estimate of drug-likeness (QED) is 0.637. The molecule has 0 saturated heterocycles. The monoisotopic (exact) mass is 217 g/mol. The minimum Gasteiger partial charge on any atom is -0.376 e. The van der Waals surface area contributed by atoms with Crippen LogP contribution in [-0.2, 0) is 4.74 Å². The minimum atomic E-state index is -1.15. The first-order valence-electron chi connectivity index (χ1n) is 5.10. The van der Waals surface area contributed by atoms with E-state index in [1.807, 2.05) is 0 Å². The second-order valence-electron chi connectivity index (χ2n) is 5.97. The van der Waals surface area contributed by atoms with Crippen LogP contribution < -0.4 is 0 Å². The Morgan fingerprint density at radius 2 is 1.46 bits per heavy atom. The first-order valence-corrected chi connectivity index (χ1v) is 12.3. The maximum Gasteiger partial charge on any atom is 0.0854 e. The predicted molar refractivity (Wildman–Crippen MR) is 66.4 cm³/mol. The van der Waals surface area contributed by atoms with Crippen molar-refractivity contribution in [2.75, 3.05) is 6.61 Å². The third-order valence-corrected chi connectivity index (χ3v) is 6.19. The lowest BCUT2D eigenvalue weighted by atomic mass is 10.8. The molecule has 0 aromatic heterocycles. The molecule has 0 atom stereocenters. The third-order valence-electron chi connectivity index (χ3n) is 2.23. The lowest BCUT2D eigenvalue weighted by Gasteiger charge is -2.25. The molecule has 0 aromatic carbocycles. The van der Waals surface area contributed by atoms with Crippen LogP contribution >= 0.6 is 0 Å². The van der Waals surface area contributed by atoms with Crippen LogP contribution in [0.25, 0.3) is 0 Å². The molecule has 0 aliphatic rings. The van der Waals surface area contributed by atoms with Gasteiger partial charge in [0.25, 0.3) is 0 Å². The maximum atomic E-state index is 5.80. The molecule has 0 fully saturated rings. The fourth-order valence-electron chi connectivity index (χ4n) is 0.727. The van der Waals surface area contributed by atoms with Crippen molar-refractivity contribution in [3.8, 4) is 0 Å². The van der Waals surface area contributed by atoms with Crippen LogP contribution in [-0.4, -0.2) is 22.8 Å². The summed E-state index contributed by atoms with van der Waals surface area (Å²) in [5.41, 5.74) is 1.30. The van der Waals surface area contributed by atoms with Gasteiger partial charge in [-0.15, -0.1) is 0 Å². The molecule has 0 saturated carbocycles. The summed E-state index contributed by atoms with van der Waals surface area (Å²) in [5, 5.41) is 0. The second kappa shape index (κ2) is 4.76. The number of hydrogen-bond donors (Lipinski definition) is 0. The van der Waals surface area contributed by atoms with Gasteiger partial charge in [-0.3, -0.25) is 0 Å². The van der Waals surface area contributed by atoms with Crippen molar-refractivity contribution >= 4 is 16.1 Å². The minimum absolute atomic E-state index is 0.906. The van der Waals surface area contributed by atoms with E-state index in [0.29, 0.717) is 0 Å². The van der Waals surface area contributed by atoms with Gasteiger partial charge in [0, 0.05) is 14.7 Å². The van der Waals surface area contributed by atoms with Crippen LogP contribution in [0.2, 0.25) is 45.3 Å². The maximum absolute atomic E-state index is 5.80. The molecule has 0 unspecified atom stereocenters. The van der Waals surface area contributed by atoms with E-state index in [4.69, 9.17) is 4.74 Å². The zero-order chi connectivity index (χ0) is 10.7. The first kappa shape index (κ1) is 13.4. The average molecular weight is 217 g/mol. The van der Waals surface area contributed by atoms with Crippen LogP contribution in [0.4, 0.5) is 0 Å². The highest BCUT2D eigenvalue weighted by atomic mass is 28.3. The Balaban J connectivity index is 3.67. The van der Waals surface area contributed by atoms with E-state index in [0.717, 1.165) is 6.61 Å². The topological polar surface area (TPSA) is 9.23 Å². The van der Waals surface area contributed by atoms with E-state index in [2.05, 4.69) is 46.2 Å². The summed E-state index contributed by atoms with van der Waals surface area (Å²) in [7, 11) is -2.05. The van der Waals surface area contributed by atoms with Crippen molar-refractivity contribution in [1.29, 1.82) is 0 Å². The Kier molecular flexibility index (Phi) is 4.90. The molecule has 79 valence electrons. The van der Waals surface area contributed by atoms with Gasteiger partial charge in [0.15, 0.2) is 0 Å². The molecule has 3 heteroatoms. The van der Waals surface area contributed by atoms with Crippen molar-refractivity contribution in [2.24, 2.45) is 0 Å². The molecule has 0 aliphatic heterocycles. The highest BCUT2D eigenvalue weighted by Gasteiger charge is 2.24. The van der Waals surface area contributed by atoms with Crippen molar-refractivity contribution in [1.82, 2.24) is 0 Å². The van der Waals surface area contributed by atoms with Gasteiger partial charge in [-0.25, -0.2) is 0 Å². The smallest absolute Gasteiger partial charge is 0.0854 e. The van der Waals surface area contributed by atoms with Crippen molar-refractivity contribution in [3.63, 3.8) is 0 Å². The van der Waals surface area contributed by atoms with Gasteiger partial charge in [0.2, 0.25) is 0 Å². The van der Waals surface area contributed by atoms with Gasteiger partial charge in [-0.1, -0.05) is 39.3 Å². The third kappa shape index (κ3) is 7.46. The van der Waals surface area contributed by atoms with Gasteiger partial charge in [-0.05, 0) is 13.0 Å². The molecule has 0 aliphatic carbocycles. The fourth-order valence-corrected chi connectivity index (χ4v) is 1.98. The standard InChI is InChI=1S/C10H25OSi2/c1-10(13(5,6)7)11-8-9-12(2,3)4/h8-9H2,1-7H3. The van der Waals surface area contributed by atoms with E-state index < -0.39 is 16.1 Å². The molecule has 1 radical (unpaired) electrons. The average Bonchev–Trinajstić information content (AvgIpc) is 1.82. The van der Waals surface area contributed by atoms with Gasteiger partial charge >= 0.3 is 0 Å². The summed E-state index contributed by atoms with van der Waals surface area (Å²) in [4.78, 5) is 0. The molecule has 13 heavy (non-hydrogen) atoms. The molecule has 0 rings (SSSR count). The SMILES string of the molecule is C[C](OCC[Si](C)(C)C)[Si](C)(C)C. The van der Waals surface area contributed by atoms with Crippen LogP contribution in [0.15, 0.2) is 0 Å². The largest absolute Gasteiger partial charge is 0.376 e. The van der Waals surface area contributed by atoms with E-state index in [9.17, 15) is 0 Å². The van der Waals surface area contributed by atoms with Gasteiger partial charge < -0.3 is 4.74 Å². The van der Waals surface area contributed by atoms with E-state index >= 15 is 0 Å². The summed E-state index contributed by atoms with van der Waals surface area (Å²) in [6, 6.07) is 1.27. The Hall–Kier alpha value is 0.394. The summed E-state index contributed by atoms with van der Waals surface area (Å²) < 4.78 is 5.80. The number of hydrogen-bond acceptors (Lipinski definition) is 1. The predicted octanol–water partition coefficient (Wildman–Crippen LogP) is 3.77. The van der Waals surface area contributed by atoms with E-state index in [-0.39, 0.29) is 0 Å². The Morgan fingerprint density at radius 3 is 1.77 bits per heavy atom. The van der Waals surface area contributed by atoms with Crippen molar-refractivity contribution in [2.45, 2.75) is 52.2 Å². The molecule has 0 amide bonds. The Bertz CT molecular complexity index is 144. The molecule has 1 nitrogen and oxygen atoms in total. The lowest BCUT2D eigenvalue weighted by Crippen LogP contribution is -2.32. The number of rotatable bonds is 5.